The molecule has 1 aliphatic carbocycles. The SMILES string of the molecule is Cc1cccc(N(CCCC(=O)N(Cc2cccc(Br)c2)C(Cc2ccccc2)C(=O)NC2CCCCC2)S(C)(=O)=O)c1. The first kappa shape index (κ1) is 32.7. The number of nitrogens with one attached hydrogen (secondary N) is 1. The fraction of sp³-hybridized carbons (Fsp3) is 0.412. The number of rotatable bonds is 13. The summed E-state index contributed by atoms with van der Waals surface area (Å²) >= 11 is 3.53. The summed E-state index contributed by atoms with van der Waals surface area (Å²) in [6.07, 6.45) is 7.25. The van der Waals surface area contributed by atoms with Gasteiger partial charge < -0.3 is 10.2 Å². The molecule has 4 rings (SSSR count). The molecule has 0 saturated heterocycles. The van der Waals surface area contributed by atoms with Crippen LogP contribution >= 0.6 is 15.9 Å². The van der Waals surface area contributed by atoms with Crippen molar-refractivity contribution in [3.8, 4) is 0 Å². The van der Waals surface area contributed by atoms with Gasteiger partial charge in [-0.2, -0.15) is 0 Å². The Kier molecular flexibility index (Phi) is 11.8. The highest BCUT2D eigenvalue weighted by Crippen LogP contribution is 2.23. The van der Waals surface area contributed by atoms with Gasteiger partial charge in [0.2, 0.25) is 21.8 Å². The third-order valence-electron chi connectivity index (χ3n) is 7.91. The van der Waals surface area contributed by atoms with Crippen molar-refractivity contribution < 1.29 is 18.0 Å². The first-order valence-electron chi connectivity index (χ1n) is 15.0. The summed E-state index contributed by atoms with van der Waals surface area (Å²) in [4.78, 5) is 29.7. The minimum absolute atomic E-state index is 0.105. The molecule has 0 bridgehead atoms. The zero-order valence-electron chi connectivity index (χ0n) is 25.0. The van der Waals surface area contributed by atoms with Gasteiger partial charge in [0.15, 0.2) is 0 Å². The molecule has 7 nitrogen and oxygen atoms in total. The number of sulfonamides is 1. The maximum atomic E-state index is 14.0. The number of carbonyl (C=O) groups excluding carboxylic acids is 2. The van der Waals surface area contributed by atoms with Crippen molar-refractivity contribution in [3.05, 3.63) is 100 Å². The van der Waals surface area contributed by atoms with Gasteiger partial charge in [-0.25, -0.2) is 8.42 Å². The molecule has 1 aliphatic rings. The number of benzene rings is 3. The summed E-state index contributed by atoms with van der Waals surface area (Å²) in [6.45, 7) is 2.34. The van der Waals surface area contributed by atoms with Gasteiger partial charge in [0.25, 0.3) is 0 Å². The van der Waals surface area contributed by atoms with E-state index in [1.807, 2.05) is 79.7 Å². The van der Waals surface area contributed by atoms with Crippen LogP contribution in [-0.4, -0.2) is 50.0 Å². The number of amides is 2. The fourth-order valence-corrected chi connectivity index (χ4v) is 7.12. The molecule has 43 heavy (non-hydrogen) atoms. The van der Waals surface area contributed by atoms with Gasteiger partial charge in [-0.05, 0) is 67.1 Å². The molecule has 2 amide bonds. The van der Waals surface area contributed by atoms with Crippen molar-refractivity contribution in [2.75, 3.05) is 17.1 Å². The largest absolute Gasteiger partial charge is 0.352 e. The molecular formula is C34H42BrN3O4S. The molecule has 0 heterocycles. The topological polar surface area (TPSA) is 86.8 Å². The van der Waals surface area contributed by atoms with E-state index in [1.165, 1.54) is 17.0 Å². The average molecular weight is 669 g/mol. The van der Waals surface area contributed by atoms with E-state index in [9.17, 15) is 18.0 Å². The Hall–Kier alpha value is -3.17. The smallest absolute Gasteiger partial charge is 0.243 e. The van der Waals surface area contributed by atoms with E-state index in [0.717, 1.165) is 46.8 Å². The minimum atomic E-state index is -3.55. The Morgan fingerprint density at radius 1 is 0.930 bits per heavy atom. The van der Waals surface area contributed by atoms with Crippen LogP contribution in [-0.2, 0) is 32.6 Å². The average Bonchev–Trinajstić information content (AvgIpc) is 2.97. The summed E-state index contributed by atoms with van der Waals surface area (Å²) in [5.74, 6) is -0.325. The van der Waals surface area contributed by atoms with Crippen LogP contribution in [0, 0.1) is 6.92 Å². The van der Waals surface area contributed by atoms with E-state index >= 15 is 0 Å². The lowest BCUT2D eigenvalue weighted by Crippen LogP contribution is -2.52. The number of hydrogen-bond acceptors (Lipinski definition) is 4. The molecule has 3 aromatic rings. The number of nitrogens with zero attached hydrogens (tertiary/aromatic N) is 2. The summed E-state index contributed by atoms with van der Waals surface area (Å²) in [5.41, 5.74) is 3.41. The highest BCUT2D eigenvalue weighted by molar-refractivity contribution is 9.10. The van der Waals surface area contributed by atoms with E-state index in [4.69, 9.17) is 0 Å². The molecule has 1 N–H and O–H groups in total. The Labute approximate surface area is 264 Å². The van der Waals surface area contributed by atoms with Crippen molar-refractivity contribution in [3.63, 3.8) is 0 Å². The van der Waals surface area contributed by atoms with Crippen LogP contribution in [0.15, 0.2) is 83.3 Å². The van der Waals surface area contributed by atoms with E-state index in [1.54, 1.807) is 11.0 Å². The second kappa shape index (κ2) is 15.5. The van der Waals surface area contributed by atoms with Crippen LogP contribution in [0.2, 0.25) is 0 Å². The van der Waals surface area contributed by atoms with Crippen molar-refractivity contribution in [1.29, 1.82) is 0 Å². The first-order chi connectivity index (χ1) is 20.6. The first-order valence-corrected chi connectivity index (χ1v) is 17.7. The molecule has 1 fully saturated rings. The van der Waals surface area contributed by atoms with E-state index < -0.39 is 16.1 Å². The third-order valence-corrected chi connectivity index (χ3v) is 9.59. The number of aryl methyl sites for hydroxylation is 1. The summed E-state index contributed by atoms with van der Waals surface area (Å²) in [7, 11) is -3.55. The maximum Gasteiger partial charge on any atom is 0.243 e. The monoisotopic (exact) mass is 667 g/mol. The number of carbonyl (C=O) groups is 2. The molecule has 230 valence electrons. The Balaban J connectivity index is 1.59. The quantitative estimate of drug-likeness (QED) is 0.229. The van der Waals surface area contributed by atoms with Gasteiger partial charge >= 0.3 is 0 Å². The van der Waals surface area contributed by atoms with Crippen molar-refractivity contribution in [2.24, 2.45) is 0 Å². The number of anilines is 1. The molecule has 0 radical (unpaired) electrons. The lowest BCUT2D eigenvalue weighted by molar-refractivity contribution is -0.141. The van der Waals surface area contributed by atoms with Gasteiger partial charge in [-0.3, -0.25) is 13.9 Å². The number of halogens is 1. The van der Waals surface area contributed by atoms with Crippen LogP contribution in [0.1, 0.15) is 61.6 Å². The lowest BCUT2D eigenvalue weighted by Gasteiger charge is -2.34. The molecule has 0 aliphatic heterocycles. The van der Waals surface area contributed by atoms with Gasteiger partial charge in [0, 0.05) is 36.4 Å². The van der Waals surface area contributed by atoms with Gasteiger partial charge in [-0.1, -0.05) is 89.8 Å². The second-order valence-electron chi connectivity index (χ2n) is 11.5. The molecule has 3 aromatic carbocycles. The predicted molar refractivity (Wildman–Crippen MR) is 176 cm³/mol. The summed E-state index contributed by atoms with van der Waals surface area (Å²) < 4.78 is 27.6. The molecule has 1 unspecified atom stereocenters. The zero-order valence-corrected chi connectivity index (χ0v) is 27.4. The van der Waals surface area contributed by atoms with E-state index in [-0.39, 0.29) is 37.4 Å². The molecule has 1 saturated carbocycles. The van der Waals surface area contributed by atoms with Gasteiger partial charge in [0.1, 0.15) is 6.04 Å². The van der Waals surface area contributed by atoms with E-state index in [0.29, 0.717) is 18.5 Å². The molecule has 0 spiro atoms. The van der Waals surface area contributed by atoms with Crippen LogP contribution in [0.3, 0.4) is 0 Å². The molecule has 9 heteroatoms. The molecular weight excluding hydrogens is 626 g/mol. The Morgan fingerprint density at radius 2 is 1.63 bits per heavy atom. The van der Waals surface area contributed by atoms with Crippen molar-refractivity contribution >= 4 is 43.5 Å². The Bertz CT molecular complexity index is 1480. The number of hydrogen-bond donors (Lipinski definition) is 1. The van der Waals surface area contributed by atoms with Crippen LogP contribution < -0.4 is 9.62 Å². The minimum Gasteiger partial charge on any atom is -0.352 e. The van der Waals surface area contributed by atoms with Crippen molar-refractivity contribution in [1.82, 2.24) is 10.2 Å². The normalized spacial score (nSPS) is 14.6. The van der Waals surface area contributed by atoms with Crippen LogP contribution in [0.5, 0.6) is 0 Å². The predicted octanol–water partition coefficient (Wildman–Crippen LogP) is 6.39. The second-order valence-corrected chi connectivity index (χ2v) is 14.3. The summed E-state index contributed by atoms with van der Waals surface area (Å²) in [5, 5.41) is 3.26. The summed E-state index contributed by atoms with van der Waals surface area (Å²) in [6, 6.07) is 24.3. The van der Waals surface area contributed by atoms with Crippen LogP contribution in [0.25, 0.3) is 0 Å². The standard InChI is InChI=1S/C34H42BrN3O4S/c1-26-12-9-19-31(22-26)38(43(2,41)42)21-11-20-33(39)37(25-28-15-10-16-29(35)23-28)32(24-27-13-5-3-6-14-27)34(40)36-30-17-7-4-8-18-30/h3,5-6,9-10,12-16,19,22-23,30,32H,4,7-8,11,17-18,20-21,24-25H2,1-2H3,(H,36,40). The molecule has 1 atom stereocenters. The zero-order chi connectivity index (χ0) is 30.8. The van der Waals surface area contributed by atoms with Gasteiger partial charge in [0.05, 0.1) is 11.9 Å². The molecule has 0 aromatic heterocycles. The van der Waals surface area contributed by atoms with E-state index in [2.05, 4.69) is 21.2 Å². The highest BCUT2D eigenvalue weighted by Gasteiger charge is 2.32. The Morgan fingerprint density at radius 3 is 2.30 bits per heavy atom. The lowest BCUT2D eigenvalue weighted by atomic mass is 9.94. The highest BCUT2D eigenvalue weighted by atomic mass is 79.9. The third kappa shape index (κ3) is 9.93. The van der Waals surface area contributed by atoms with Crippen molar-refractivity contribution in [2.45, 2.75) is 76.9 Å². The van der Waals surface area contributed by atoms with Gasteiger partial charge in [-0.15, -0.1) is 0 Å². The van der Waals surface area contributed by atoms with Crippen LogP contribution in [0.4, 0.5) is 5.69 Å². The fourth-order valence-electron chi connectivity index (χ4n) is 5.72. The maximum absolute atomic E-state index is 14.0.